The van der Waals surface area contributed by atoms with Crippen LogP contribution < -0.4 is 5.73 Å². The Labute approximate surface area is 131 Å². The fourth-order valence-electron chi connectivity index (χ4n) is 3.20. The van der Waals surface area contributed by atoms with Gasteiger partial charge in [-0.15, -0.1) is 0 Å². The van der Waals surface area contributed by atoms with Crippen molar-refractivity contribution in [3.8, 4) is 0 Å². The maximum absolute atomic E-state index is 6.34. The van der Waals surface area contributed by atoms with Gasteiger partial charge in [-0.3, -0.25) is 0 Å². The first-order valence-electron chi connectivity index (χ1n) is 7.95. The van der Waals surface area contributed by atoms with Crippen LogP contribution >= 0.6 is 15.9 Å². The van der Waals surface area contributed by atoms with Gasteiger partial charge in [-0.05, 0) is 49.9 Å². The molecule has 0 aromatic heterocycles. The fraction of sp³-hybridized carbons (Fsp3) is 0.647. The van der Waals surface area contributed by atoms with Crippen molar-refractivity contribution in [1.82, 2.24) is 4.90 Å². The maximum Gasteiger partial charge on any atom is 0.0307 e. The van der Waals surface area contributed by atoms with E-state index in [4.69, 9.17) is 5.73 Å². The van der Waals surface area contributed by atoms with Gasteiger partial charge < -0.3 is 10.6 Å². The normalized spacial score (nSPS) is 21.9. The number of nitrogens with two attached hydrogens (primary N) is 1. The summed E-state index contributed by atoms with van der Waals surface area (Å²) in [5, 5.41) is 0. The smallest absolute Gasteiger partial charge is 0.0307 e. The second-order valence-electron chi connectivity index (χ2n) is 5.92. The zero-order valence-electron chi connectivity index (χ0n) is 12.5. The quantitative estimate of drug-likeness (QED) is 0.827. The van der Waals surface area contributed by atoms with Crippen molar-refractivity contribution in [2.24, 2.45) is 5.73 Å². The highest BCUT2D eigenvalue weighted by molar-refractivity contribution is 9.10. The van der Waals surface area contributed by atoms with E-state index in [1.807, 2.05) is 0 Å². The number of piperidine rings is 1. The van der Waals surface area contributed by atoms with Gasteiger partial charge >= 0.3 is 0 Å². The molecule has 2 rings (SSSR count). The van der Waals surface area contributed by atoms with Gasteiger partial charge in [0.25, 0.3) is 0 Å². The number of hydrogen-bond acceptors (Lipinski definition) is 2. The summed E-state index contributed by atoms with van der Waals surface area (Å²) in [5.74, 6) is 0. The molecule has 3 heteroatoms. The van der Waals surface area contributed by atoms with Crippen LogP contribution in [-0.4, -0.2) is 24.0 Å². The molecule has 20 heavy (non-hydrogen) atoms. The van der Waals surface area contributed by atoms with Crippen LogP contribution in [0.5, 0.6) is 0 Å². The summed E-state index contributed by atoms with van der Waals surface area (Å²) in [7, 11) is 0. The number of likely N-dealkylation sites (tertiary alicyclic amines) is 1. The van der Waals surface area contributed by atoms with Crippen molar-refractivity contribution in [1.29, 1.82) is 0 Å². The minimum Gasteiger partial charge on any atom is -0.324 e. The second-order valence-corrected chi connectivity index (χ2v) is 6.84. The molecule has 1 saturated heterocycles. The van der Waals surface area contributed by atoms with E-state index in [1.54, 1.807) is 0 Å². The highest BCUT2D eigenvalue weighted by Crippen LogP contribution is 2.23. The van der Waals surface area contributed by atoms with E-state index < -0.39 is 0 Å². The number of benzene rings is 1. The topological polar surface area (TPSA) is 29.3 Å². The Morgan fingerprint density at radius 3 is 2.75 bits per heavy atom. The Balaban J connectivity index is 1.85. The molecule has 0 amide bonds. The lowest BCUT2D eigenvalue weighted by Crippen LogP contribution is -2.40. The van der Waals surface area contributed by atoms with Crippen molar-refractivity contribution >= 4 is 15.9 Å². The molecule has 1 aromatic carbocycles. The molecule has 2 N–H and O–H groups in total. The molecule has 112 valence electrons. The van der Waals surface area contributed by atoms with Gasteiger partial charge in [-0.25, -0.2) is 0 Å². The van der Waals surface area contributed by atoms with Crippen LogP contribution in [0.2, 0.25) is 0 Å². The molecule has 2 atom stereocenters. The Hall–Kier alpha value is -0.380. The van der Waals surface area contributed by atoms with Gasteiger partial charge in [-0.1, -0.05) is 47.8 Å². The number of rotatable bonds is 6. The SMILES string of the molecule is CCCC1CCCCN1CCC(N)c1ccc(Br)cc1. The molecule has 2 unspecified atom stereocenters. The molecule has 0 spiro atoms. The van der Waals surface area contributed by atoms with Gasteiger partial charge in [0.05, 0.1) is 0 Å². The summed E-state index contributed by atoms with van der Waals surface area (Å²) < 4.78 is 1.12. The minimum atomic E-state index is 0.160. The first kappa shape index (κ1) is 16.0. The van der Waals surface area contributed by atoms with Crippen LogP contribution in [0.25, 0.3) is 0 Å². The summed E-state index contributed by atoms with van der Waals surface area (Å²) >= 11 is 3.47. The van der Waals surface area contributed by atoms with E-state index in [0.29, 0.717) is 0 Å². The molecule has 0 saturated carbocycles. The molecule has 0 aliphatic carbocycles. The van der Waals surface area contributed by atoms with Crippen LogP contribution in [-0.2, 0) is 0 Å². The van der Waals surface area contributed by atoms with E-state index in [2.05, 4.69) is 52.0 Å². The molecule has 0 bridgehead atoms. The van der Waals surface area contributed by atoms with Gasteiger partial charge in [0.15, 0.2) is 0 Å². The van der Waals surface area contributed by atoms with E-state index in [1.165, 1.54) is 44.2 Å². The first-order chi connectivity index (χ1) is 9.70. The summed E-state index contributed by atoms with van der Waals surface area (Å²) in [6, 6.07) is 9.38. The molecular formula is C17H27BrN2. The Morgan fingerprint density at radius 2 is 2.05 bits per heavy atom. The van der Waals surface area contributed by atoms with Gasteiger partial charge in [0.1, 0.15) is 0 Å². The predicted molar refractivity (Wildman–Crippen MR) is 89.8 cm³/mol. The number of nitrogens with zero attached hydrogens (tertiary/aromatic N) is 1. The first-order valence-corrected chi connectivity index (χ1v) is 8.75. The lowest BCUT2D eigenvalue weighted by Gasteiger charge is -2.36. The molecule has 2 nitrogen and oxygen atoms in total. The third kappa shape index (κ3) is 4.57. The van der Waals surface area contributed by atoms with Crippen LogP contribution in [0, 0.1) is 0 Å². The van der Waals surface area contributed by atoms with Crippen LogP contribution in [0.1, 0.15) is 57.1 Å². The standard InChI is InChI=1S/C17H27BrN2/c1-2-5-16-6-3-4-12-20(16)13-11-17(19)14-7-9-15(18)10-8-14/h7-10,16-17H,2-6,11-13,19H2,1H3. The fourth-order valence-corrected chi connectivity index (χ4v) is 3.46. The molecule has 1 aromatic rings. The highest BCUT2D eigenvalue weighted by Gasteiger charge is 2.21. The molecule has 0 radical (unpaired) electrons. The van der Waals surface area contributed by atoms with Crippen LogP contribution in [0.3, 0.4) is 0 Å². The summed E-state index contributed by atoms with van der Waals surface area (Å²) in [6.07, 6.45) is 7.82. The van der Waals surface area contributed by atoms with E-state index >= 15 is 0 Å². The van der Waals surface area contributed by atoms with Gasteiger partial charge in [0.2, 0.25) is 0 Å². The minimum absolute atomic E-state index is 0.160. The molecule has 1 heterocycles. The Bertz CT molecular complexity index is 388. The number of halogens is 1. The average Bonchev–Trinajstić information content (AvgIpc) is 2.47. The third-order valence-corrected chi connectivity index (χ3v) is 4.93. The molecule has 1 aliphatic rings. The van der Waals surface area contributed by atoms with Crippen molar-refractivity contribution < 1.29 is 0 Å². The second kappa shape index (κ2) is 8.16. The molecule has 1 aliphatic heterocycles. The largest absolute Gasteiger partial charge is 0.324 e. The van der Waals surface area contributed by atoms with Crippen molar-refractivity contribution in [3.05, 3.63) is 34.3 Å². The summed E-state index contributed by atoms with van der Waals surface area (Å²) in [5.41, 5.74) is 7.59. The predicted octanol–water partition coefficient (Wildman–Crippen LogP) is 4.49. The monoisotopic (exact) mass is 338 g/mol. The molecule has 1 fully saturated rings. The summed E-state index contributed by atoms with van der Waals surface area (Å²) in [6.45, 7) is 4.69. The Kier molecular flexibility index (Phi) is 6.53. The number of hydrogen-bond donors (Lipinski definition) is 1. The van der Waals surface area contributed by atoms with Crippen molar-refractivity contribution in [2.45, 2.75) is 57.5 Å². The molecular weight excluding hydrogens is 312 g/mol. The lowest BCUT2D eigenvalue weighted by molar-refractivity contribution is 0.135. The van der Waals surface area contributed by atoms with E-state index in [-0.39, 0.29) is 6.04 Å². The Morgan fingerprint density at radius 1 is 1.30 bits per heavy atom. The lowest BCUT2D eigenvalue weighted by atomic mass is 9.97. The van der Waals surface area contributed by atoms with E-state index in [0.717, 1.165) is 23.5 Å². The van der Waals surface area contributed by atoms with Crippen LogP contribution in [0.4, 0.5) is 0 Å². The van der Waals surface area contributed by atoms with Crippen LogP contribution in [0.15, 0.2) is 28.7 Å². The zero-order valence-corrected chi connectivity index (χ0v) is 14.1. The van der Waals surface area contributed by atoms with Gasteiger partial charge in [-0.2, -0.15) is 0 Å². The van der Waals surface area contributed by atoms with Crippen molar-refractivity contribution in [2.75, 3.05) is 13.1 Å². The maximum atomic E-state index is 6.34. The average molecular weight is 339 g/mol. The zero-order chi connectivity index (χ0) is 14.4. The van der Waals surface area contributed by atoms with E-state index in [9.17, 15) is 0 Å². The highest BCUT2D eigenvalue weighted by atomic mass is 79.9. The summed E-state index contributed by atoms with van der Waals surface area (Å²) in [4.78, 5) is 2.67. The third-order valence-electron chi connectivity index (χ3n) is 4.40. The van der Waals surface area contributed by atoms with Gasteiger partial charge in [0, 0.05) is 23.1 Å². The van der Waals surface area contributed by atoms with Crippen molar-refractivity contribution in [3.63, 3.8) is 0 Å².